The summed E-state index contributed by atoms with van der Waals surface area (Å²) in [7, 11) is 1.53. The minimum Gasteiger partial charge on any atom is -0.497 e. The van der Waals surface area contributed by atoms with Crippen molar-refractivity contribution < 1.29 is 138 Å². The molecule has 0 bridgehead atoms. The highest BCUT2D eigenvalue weighted by Crippen LogP contribution is 2.36. The smallest absolute Gasteiger partial charge is 0.435 e. The monoisotopic (exact) mass is 1800 g/mol. The quantitative estimate of drug-likeness (QED) is 0.0153. The van der Waals surface area contributed by atoms with Crippen LogP contribution < -0.4 is 16.2 Å². The van der Waals surface area contributed by atoms with Crippen LogP contribution in [0.5, 0.6) is 5.75 Å². The first-order valence-corrected chi connectivity index (χ1v) is 39.2. The van der Waals surface area contributed by atoms with Crippen LogP contribution in [-0.4, -0.2) is 187 Å². The molecule has 5 aliphatic heterocycles. The molecular formula is C77H112ClF15N12O15S. The van der Waals surface area contributed by atoms with Gasteiger partial charge in [0.1, 0.15) is 28.3 Å². The SMILES string of the molecule is CC(C)(C)OC(=O)CCc1cc(C(F)(F)F)n[nH]1.CC(C)(C)OC(=O)CCc1cc(C(F)(F)F)nn1C1CCOCC1.COc1ccc(Cn2nc(C(F)(F)F)cc2CCC(=O)OC(C)(C)C)cc1.Cl.NCc1cc(C(F)(F)F)n[nH]1.NCc1cc(C(F)(F)F)nn1C1CCOCC1.O=C1CCOCC1.OC1CCOCC1.SCOC1CCOCC1. The van der Waals surface area contributed by atoms with Crippen molar-refractivity contribution in [2.45, 2.75) is 257 Å². The molecule has 121 heavy (non-hydrogen) atoms. The molecule has 27 nitrogen and oxygen atoms in total. The lowest BCUT2D eigenvalue weighted by molar-refractivity contribution is -0.155. The Bertz CT molecular complexity index is 3950. The van der Waals surface area contributed by atoms with E-state index in [2.05, 4.69) is 48.3 Å². The third kappa shape index (κ3) is 43.5. The van der Waals surface area contributed by atoms with Crippen molar-refractivity contribution in [2.24, 2.45) is 11.5 Å². The number of hydrogen-bond acceptors (Lipinski definition) is 23. The van der Waals surface area contributed by atoms with Gasteiger partial charge in [-0.25, -0.2) is 0 Å². The third-order valence-corrected chi connectivity index (χ3v) is 17.1. The van der Waals surface area contributed by atoms with Crippen molar-refractivity contribution in [1.29, 1.82) is 0 Å². The van der Waals surface area contributed by atoms with Gasteiger partial charge in [-0.05, 0) is 181 Å². The van der Waals surface area contributed by atoms with Gasteiger partial charge in [-0.15, -0.1) is 12.4 Å². The lowest BCUT2D eigenvalue weighted by atomic mass is 10.1. The van der Waals surface area contributed by atoms with Gasteiger partial charge >= 0.3 is 48.8 Å². The first-order valence-electron chi connectivity index (χ1n) is 38.6. The Morgan fingerprint density at radius 2 is 0.835 bits per heavy atom. The molecule has 10 heterocycles. The number of thiol groups is 1. The normalized spacial score (nSPS) is 16.1. The predicted molar refractivity (Wildman–Crippen MR) is 415 cm³/mol. The molecule has 0 amide bonds. The number of aromatic amines is 2. The topological polar surface area (TPSA) is 344 Å². The minimum atomic E-state index is -4.55. The highest BCUT2D eigenvalue weighted by molar-refractivity contribution is 7.80. The van der Waals surface area contributed by atoms with Crippen molar-refractivity contribution in [3.8, 4) is 5.75 Å². The zero-order valence-electron chi connectivity index (χ0n) is 69.1. The highest BCUT2D eigenvalue weighted by Gasteiger charge is 2.40. The van der Waals surface area contributed by atoms with Crippen LogP contribution in [0.15, 0.2) is 54.6 Å². The van der Waals surface area contributed by atoms with Crippen LogP contribution in [0.2, 0.25) is 0 Å². The fraction of sp³-hybridized carbons (Fsp3) is 0.675. The number of hydrogen-bond donors (Lipinski definition) is 6. The second kappa shape index (κ2) is 51.0. The molecule has 5 aromatic heterocycles. The molecule has 5 aliphatic rings. The van der Waals surface area contributed by atoms with E-state index in [1.165, 1.54) is 21.2 Å². The van der Waals surface area contributed by atoms with Gasteiger partial charge in [-0.1, -0.05) is 12.1 Å². The number of benzene rings is 1. The molecule has 0 spiro atoms. The van der Waals surface area contributed by atoms with E-state index in [-0.39, 0.29) is 100 Å². The van der Waals surface area contributed by atoms with E-state index in [0.29, 0.717) is 119 Å². The summed E-state index contributed by atoms with van der Waals surface area (Å²) < 4.78 is 243. The summed E-state index contributed by atoms with van der Waals surface area (Å²) in [5.74, 6) is 0.172. The Labute approximate surface area is 703 Å². The van der Waals surface area contributed by atoms with Crippen molar-refractivity contribution in [2.75, 3.05) is 79.1 Å². The summed E-state index contributed by atoms with van der Waals surface area (Å²) in [6, 6.07) is 11.6. The molecular weight excluding hydrogens is 1690 g/mol. The van der Waals surface area contributed by atoms with E-state index in [1.807, 2.05) is 0 Å². The average molecular weight is 1800 g/mol. The first-order chi connectivity index (χ1) is 55.9. The van der Waals surface area contributed by atoms with Crippen molar-refractivity contribution in [3.05, 3.63) is 117 Å². The zero-order chi connectivity index (χ0) is 89.9. The van der Waals surface area contributed by atoms with Gasteiger partial charge in [0.2, 0.25) is 0 Å². The molecule has 5 saturated heterocycles. The number of H-pyrrole nitrogens is 2. The molecule has 1 aromatic carbocycles. The van der Waals surface area contributed by atoms with Crippen molar-refractivity contribution >= 4 is 48.7 Å². The largest absolute Gasteiger partial charge is 0.497 e. The Morgan fingerprint density at radius 1 is 0.479 bits per heavy atom. The Morgan fingerprint density at radius 3 is 1.18 bits per heavy atom. The highest BCUT2D eigenvalue weighted by atomic mass is 35.5. The molecule has 0 aliphatic carbocycles. The fourth-order valence-corrected chi connectivity index (χ4v) is 11.4. The standard InChI is InChI=1S/C19H23F3N2O3.C16H23F3N2O3.C11H15F3N2O2.C10H14F3N3O.C6H12O2S.C5H6F3N3.C5H10O2.C5H8O2.ClH/c1-18(2,3)27-17(25)10-7-14-11-16(19(20,21)22)23-24(14)12-13-5-8-15(26-4)9-6-13;1-15(2,3)24-14(22)5-4-12-10-13(16(17,18)19)20-21(12)11-6-8-23-9-7-11;1-10(2,3)18-9(17)5-4-7-6-8(16-15-7)11(12,13)14;11-10(12,13)9-5-8(6-14)16(15-9)7-1-3-17-4-2-7;9-5-8-6-1-3-7-4-2-6;6-5(7,8)4-1-3(2-9)10-11-4;2*6-5-1-3-7-4-2-5;/h5-6,8-9,11H,7,10,12H2,1-4H3;10-11H,4-9H2,1-3H3;6H,4-5H2,1-3H3,(H,15,16);5,7H,1-4,6,14H2;6,9H,1-5H2;1H,2,9H2,(H,10,11);5-6H,1-4H2;1-4H2;1H. The molecule has 6 aromatic rings. The summed E-state index contributed by atoms with van der Waals surface area (Å²) >= 11 is 3.97. The number of aliphatic hydroxyl groups is 1. The molecule has 0 saturated carbocycles. The van der Waals surface area contributed by atoms with E-state index in [9.17, 15) is 85.0 Å². The van der Waals surface area contributed by atoms with Crippen LogP contribution in [0.1, 0.15) is 220 Å². The molecule has 0 radical (unpaired) electrons. The van der Waals surface area contributed by atoms with Crippen molar-refractivity contribution in [1.82, 2.24) is 49.7 Å². The molecule has 5 fully saturated rings. The number of alkyl halides is 15. The van der Waals surface area contributed by atoms with Gasteiger partial charge in [0.05, 0.1) is 82.1 Å². The summed E-state index contributed by atoms with van der Waals surface area (Å²) in [5.41, 5.74) is 6.43. The van der Waals surface area contributed by atoms with Crippen LogP contribution in [-0.2, 0) is 132 Å². The van der Waals surface area contributed by atoms with E-state index >= 15 is 0 Å². The number of ketones is 1. The van der Waals surface area contributed by atoms with Crippen LogP contribution in [0.25, 0.3) is 0 Å². The number of Topliss-reactive ketones (excluding diaryl/α,β-unsaturated/α-hetero) is 1. The summed E-state index contributed by atoms with van der Waals surface area (Å²) in [6.45, 7) is 22.4. The summed E-state index contributed by atoms with van der Waals surface area (Å²) in [4.78, 5) is 45.5. The lowest BCUT2D eigenvalue weighted by Crippen LogP contribution is -2.25. The number of nitrogens with zero attached hydrogens (tertiary/aromatic N) is 8. The van der Waals surface area contributed by atoms with Crippen molar-refractivity contribution in [3.63, 3.8) is 0 Å². The number of aliphatic hydroxyl groups excluding tert-OH is 1. The van der Waals surface area contributed by atoms with Crippen LogP contribution in [0.4, 0.5) is 65.9 Å². The minimum absolute atomic E-state index is 0. The van der Waals surface area contributed by atoms with Gasteiger partial charge in [0.25, 0.3) is 0 Å². The maximum absolute atomic E-state index is 13.1. The number of halogens is 16. The molecule has 44 heteroatoms. The predicted octanol–water partition coefficient (Wildman–Crippen LogP) is 15.1. The van der Waals surface area contributed by atoms with E-state index < -0.39 is 94.1 Å². The number of aromatic nitrogens is 10. The summed E-state index contributed by atoms with van der Waals surface area (Å²) in [5, 5.41) is 30.5. The number of esters is 3. The van der Waals surface area contributed by atoms with E-state index in [0.717, 1.165) is 88.0 Å². The van der Waals surface area contributed by atoms with Crippen LogP contribution >= 0.6 is 25.0 Å². The van der Waals surface area contributed by atoms with E-state index in [1.54, 1.807) is 86.6 Å². The van der Waals surface area contributed by atoms with Crippen LogP contribution in [0, 0.1) is 0 Å². The fourth-order valence-electron chi connectivity index (χ4n) is 11.2. The first kappa shape index (κ1) is 108. The lowest BCUT2D eigenvalue weighted by Gasteiger charge is -2.24. The maximum Gasteiger partial charge on any atom is 0.435 e. The maximum atomic E-state index is 13.1. The number of nitrogens with one attached hydrogen (secondary N) is 2. The molecule has 0 unspecified atom stereocenters. The second-order valence-corrected chi connectivity index (χ2v) is 30.7. The zero-order valence-corrected chi connectivity index (χ0v) is 70.8. The Balaban J connectivity index is 0.000000371. The Hall–Kier alpha value is -7.62. The number of methoxy groups -OCH3 is 1. The van der Waals surface area contributed by atoms with Gasteiger partial charge < -0.3 is 63.9 Å². The number of ether oxygens (including phenoxy) is 10. The van der Waals surface area contributed by atoms with E-state index in [4.69, 9.17) is 63.9 Å². The number of aryl methyl sites for hydroxylation is 3. The Kier molecular flexibility index (Phi) is 45.3. The van der Waals surface area contributed by atoms with Gasteiger partial charge in [0, 0.05) is 102 Å². The number of carbonyl (C=O) groups is 4. The number of carbonyl (C=O) groups excluding carboxylic acids is 4. The van der Waals surface area contributed by atoms with Crippen LogP contribution in [0.3, 0.4) is 0 Å². The average Bonchev–Trinajstić information content (AvgIpc) is 1.67. The number of rotatable bonds is 18. The second-order valence-electron chi connectivity index (χ2n) is 30.5. The molecule has 688 valence electrons. The third-order valence-electron chi connectivity index (χ3n) is 16.9. The summed E-state index contributed by atoms with van der Waals surface area (Å²) in [6.07, 6.45) is -14.1. The van der Waals surface area contributed by atoms with Gasteiger partial charge in [-0.3, -0.25) is 43.4 Å². The molecule has 7 N–H and O–H groups in total. The van der Waals surface area contributed by atoms with Gasteiger partial charge in [-0.2, -0.15) is 104 Å². The number of nitrogens with two attached hydrogens (primary N) is 2. The molecule has 11 rings (SSSR count). The molecule has 0 atom stereocenters. The van der Waals surface area contributed by atoms with Gasteiger partial charge in [0.15, 0.2) is 28.5 Å².